The average molecular weight is 333 g/mol. The Hall–Kier alpha value is -2.06. The first-order chi connectivity index (χ1) is 12.4. The normalized spacial score (nSPS) is 15.7. The topological polar surface area (TPSA) is 16.4 Å². The van der Waals surface area contributed by atoms with Crippen molar-refractivity contribution in [3.8, 4) is 0 Å². The van der Waals surface area contributed by atoms with Gasteiger partial charge in [-0.05, 0) is 50.4 Å². The molecular weight excluding hydrogens is 306 g/mol. The molecule has 2 aromatic carbocycles. The Morgan fingerprint density at radius 3 is 2.36 bits per heavy atom. The molecule has 0 bridgehead atoms. The van der Waals surface area contributed by atoms with Crippen LogP contribution < -0.4 is 0 Å². The zero-order valence-corrected chi connectivity index (χ0v) is 14.9. The van der Waals surface area contributed by atoms with Gasteiger partial charge in [0, 0.05) is 23.9 Å². The molecule has 0 aliphatic carbocycles. The maximum atomic E-state index is 6.25. The molecule has 1 fully saturated rings. The van der Waals surface area contributed by atoms with E-state index in [0.717, 1.165) is 31.4 Å². The third-order valence-corrected chi connectivity index (χ3v) is 5.39. The van der Waals surface area contributed by atoms with Crippen molar-refractivity contribution in [2.24, 2.45) is 0 Å². The number of fused-ring (bicyclic) bond motifs is 1. The summed E-state index contributed by atoms with van der Waals surface area (Å²) in [6.07, 6.45) is 7.24. The fourth-order valence-electron chi connectivity index (χ4n) is 3.98. The van der Waals surface area contributed by atoms with Crippen LogP contribution in [0, 0.1) is 0 Å². The second-order valence-corrected chi connectivity index (χ2v) is 7.14. The summed E-state index contributed by atoms with van der Waals surface area (Å²) in [5.74, 6) is 1.20. The maximum Gasteiger partial charge on any atom is 0.134 e. The molecule has 2 heterocycles. The van der Waals surface area contributed by atoms with E-state index in [9.17, 15) is 0 Å². The molecule has 4 rings (SSSR count). The Morgan fingerprint density at radius 2 is 1.52 bits per heavy atom. The SMILES string of the molecule is c1ccc(CCc2c(CCN3CCCCC3)oc3ccccc23)cc1. The summed E-state index contributed by atoms with van der Waals surface area (Å²) in [7, 11) is 0. The van der Waals surface area contributed by atoms with Crippen LogP contribution in [0.5, 0.6) is 0 Å². The van der Waals surface area contributed by atoms with Crippen LogP contribution >= 0.6 is 0 Å². The first-order valence-corrected chi connectivity index (χ1v) is 9.66. The largest absolute Gasteiger partial charge is 0.461 e. The van der Waals surface area contributed by atoms with Crippen molar-refractivity contribution in [1.29, 1.82) is 0 Å². The molecule has 0 spiro atoms. The van der Waals surface area contributed by atoms with Gasteiger partial charge in [0.2, 0.25) is 0 Å². The Labute approximate surface area is 150 Å². The minimum absolute atomic E-state index is 1.03. The van der Waals surface area contributed by atoms with E-state index in [4.69, 9.17) is 4.42 Å². The number of rotatable bonds is 6. The van der Waals surface area contributed by atoms with Crippen molar-refractivity contribution in [1.82, 2.24) is 4.90 Å². The van der Waals surface area contributed by atoms with Crippen LogP contribution in [0.3, 0.4) is 0 Å². The predicted molar refractivity (Wildman–Crippen MR) is 104 cm³/mol. The van der Waals surface area contributed by atoms with Crippen LogP contribution in [-0.2, 0) is 19.3 Å². The van der Waals surface area contributed by atoms with Gasteiger partial charge in [0.15, 0.2) is 0 Å². The molecule has 1 aromatic heterocycles. The van der Waals surface area contributed by atoms with E-state index >= 15 is 0 Å². The molecule has 0 N–H and O–H groups in total. The third-order valence-electron chi connectivity index (χ3n) is 5.39. The number of hydrogen-bond donors (Lipinski definition) is 0. The lowest BCUT2D eigenvalue weighted by Crippen LogP contribution is -2.31. The fourth-order valence-corrected chi connectivity index (χ4v) is 3.98. The van der Waals surface area contributed by atoms with E-state index in [2.05, 4.69) is 59.5 Å². The summed E-state index contributed by atoms with van der Waals surface area (Å²) < 4.78 is 6.25. The molecule has 0 unspecified atom stereocenters. The lowest BCUT2D eigenvalue weighted by molar-refractivity contribution is 0.227. The lowest BCUT2D eigenvalue weighted by Gasteiger charge is -2.26. The Bertz CT molecular complexity index is 799. The van der Waals surface area contributed by atoms with Crippen molar-refractivity contribution in [3.05, 3.63) is 71.5 Å². The van der Waals surface area contributed by atoms with Gasteiger partial charge in [0.1, 0.15) is 11.3 Å². The molecule has 2 nitrogen and oxygen atoms in total. The van der Waals surface area contributed by atoms with E-state index in [1.165, 1.54) is 54.6 Å². The van der Waals surface area contributed by atoms with Crippen LogP contribution in [0.25, 0.3) is 11.0 Å². The summed E-state index contributed by atoms with van der Waals surface area (Å²) in [5, 5.41) is 1.30. The second kappa shape index (κ2) is 7.88. The minimum Gasteiger partial charge on any atom is -0.461 e. The summed E-state index contributed by atoms with van der Waals surface area (Å²) >= 11 is 0. The van der Waals surface area contributed by atoms with Crippen molar-refractivity contribution < 1.29 is 4.42 Å². The number of nitrogens with zero attached hydrogens (tertiary/aromatic N) is 1. The zero-order valence-electron chi connectivity index (χ0n) is 14.9. The number of aryl methyl sites for hydroxylation is 2. The van der Waals surface area contributed by atoms with E-state index in [1.807, 2.05) is 0 Å². The molecule has 25 heavy (non-hydrogen) atoms. The number of likely N-dealkylation sites (tertiary alicyclic amines) is 1. The summed E-state index contributed by atoms with van der Waals surface area (Å²) in [5.41, 5.74) is 3.85. The van der Waals surface area contributed by atoms with Gasteiger partial charge in [-0.1, -0.05) is 55.0 Å². The van der Waals surface area contributed by atoms with Gasteiger partial charge in [-0.2, -0.15) is 0 Å². The van der Waals surface area contributed by atoms with Crippen LogP contribution in [0.1, 0.15) is 36.1 Å². The smallest absolute Gasteiger partial charge is 0.134 e. The molecule has 0 radical (unpaired) electrons. The highest BCUT2D eigenvalue weighted by Gasteiger charge is 2.16. The van der Waals surface area contributed by atoms with Gasteiger partial charge < -0.3 is 9.32 Å². The third kappa shape index (κ3) is 3.96. The van der Waals surface area contributed by atoms with Gasteiger partial charge in [-0.3, -0.25) is 0 Å². The van der Waals surface area contributed by atoms with E-state index < -0.39 is 0 Å². The highest BCUT2D eigenvalue weighted by atomic mass is 16.3. The van der Waals surface area contributed by atoms with Gasteiger partial charge in [-0.25, -0.2) is 0 Å². The Balaban J connectivity index is 1.52. The second-order valence-electron chi connectivity index (χ2n) is 7.14. The Morgan fingerprint density at radius 1 is 0.760 bits per heavy atom. The average Bonchev–Trinajstić information content (AvgIpc) is 3.04. The molecule has 1 aliphatic heterocycles. The monoisotopic (exact) mass is 333 g/mol. The van der Waals surface area contributed by atoms with Crippen LogP contribution in [0.15, 0.2) is 59.0 Å². The standard InChI is InChI=1S/C23H27NO/c1-3-9-19(10-4-1)13-14-21-20-11-5-6-12-22(20)25-23(21)15-18-24-16-7-2-8-17-24/h1,3-6,9-12H,2,7-8,13-18H2. The molecule has 130 valence electrons. The summed E-state index contributed by atoms with van der Waals surface area (Å²) in [6, 6.07) is 19.3. The molecule has 1 aliphatic rings. The molecule has 3 aromatic rings. The van der Waals surface area contributed by atoms with Crippen molar-refractivity contribution in [3.63, 3.8) is 0 Å². The zero-order chi connectivity index (χ0) is 16.9. The molecular formula is C23H27NO. The number of hydrogen-bond acceptors (Lipinski definition) is 2. The first kappa shape index (κ1) is 16.4. The number of benzene rings is 2. The quantitative estimate of drug-likeness (QED) is 0.613. The number of para-hydroxylation sites is 1. The molecule has 0 amide bonds. The van der Waals surface area contributed by atoms with Gasteiger partial charge in [0.05, 0.1) is 0 Å². The van der Waals surface area contributed by atoms with Crippen LogP contribution in [0.4, 0.5) is 0 Å². The van der Waals surface area contributed by atoms with E-state index in [0.29, 0.717) is 0 Å². The summed E-state index contributed by atoms with van der Waals surface area (Å²) in [6.45, 7) is 3.62. The highest BCUT2D eigenvalue weighted by molar-refractivity contribution is 5.82. The van der Waals surface area contributed by atoms with Gasteiger partial charge in [0.25, 0.3) is 0 Å². The molecule has 0 saturated carbocycles. The van der Waals surface area contributed by atoms with E-state index in [1.54, 1.807) is 0 Å². The van der Waals surface area contributed by atoms with Crippen LogP contribution in [0.2, 0.25) is 0 Å². The fraction of sp³-hybridized carbons (Fsp3) is 0.391. The van der Waals surface area contributed by atoms with Crippen molar-refractivity contribution >= 4 is 11.0 Å². The number of furan rings is 1. The maximum absolute atomic E-state index is 6.25. The lowest BCUT2D eigenvalue weighted by atomic mass is 10.0. The Kier molecular flexibility index (Phi) is 5.17. The van der Waals surface area contributed by atoms with Gasteiger partial charge in [-0.15, -0.1) is 0 Å². The molecule has 2 heteroatoms. The highest BCUT2D eigenvalue weighted by Crippen LogP contribution is 2.28. The number of piperidine rings is 1. The van der Waals surface area contributed by atoms with Crippen LogP contribution in [-0.4, -0.2) is 24.5 Å². The van der Waals surface area contributed by atoms with Gasteiger partial charge >= 0.3 is 0 Å². The molecule has 1 saturated heterocycles. The predicted octanol–water partition coefficient (Wildman–Crippen LogP) is 5.25. The summed E-state index contributed by atoms with van der Waals surface area (Å²) in [4.78, 5) is 2.59. The van der Waals surface area contributed by atoms with Crippen molar-refractivity contribution in [2.45, 2.75) is 38.5 Å². The molecule has 0 atom stereocenters. The van der Waals surface area contributed by atoms with E-state index in [-0.39, 0.29) is 0 Å². The van der Waals surface area contributed by atoms with Crippen molar-refractivity contribution in [2.75, 3.05) is 19.6 Å². The minimum atomic E-state index is 1.03. The first-order valence-electron chi connectivity index (χ1n) is 9.66.